The van der Waals surface area contributed by atoms with E-state index in [4.69, 9.17) is 0 Å². The van der Waals surface area contributed by atoms with Crippen LogP contribution >= 0.6 is 0 Å². The second-order valence-electron chi connectivity index (χ2n) is 3.64. The minimum absolute atomic E-state index is 1.25. The van der Waals surface area contributed by atoms with Crippen LogP contribution in [0.25, 0.3) is 0 Å². The van der Waals surface area contributed by atoms with E-state index in [1.807, 2.05) is 0 Å². The molecule has 0 amide bonds. The lowest BCUT2D eigenvalue weighted by atomic mass is 10.2. The molecule has 0 aromatic heterocycles. The van der Waals surface area contributed by atoms with Gasteiger partial charge in [-0.2, -0.15) is 0 Å². The highest BCUT2D eigenvalue weighted by atomic mass is 15.1. The predicted octanol–water partition coefficient (Wildman–Crippen LogP) is 3.46. The van der Waals surface area contributed by atoms with Crippen LogP contribution in [-0.2, 0) is 0 Å². The van der Waals surface area contributed by atoms with Crippen molar-refractivity contribution >= 4 is 0 Å². The fourth-order valence-electron chi connectivity index (χ4n) is 1.26. The van der Waals surface area contributed by atoms with E-state index >= 15 is 0 Å². The highest BCUT2D eigenvalue weighted by Crippen LogP contribution is 2.09. The zero-order valence-corrected chi connectivity index (χ0v) is 9.19. The molecule has 0 heterocycles. The van der Waals surface area contributed by atoms with Crippen molar-refractivity contribution in [3.8, 4) is 0 Å². The summed E-state index contributed by atoms with van der Waals surface area (Å²) in [5, 5.41) is 0. The van der Waals surface area contributed by atoms with E-state index < -0.39 is 0 Å². The fraction of sp³-hybridized carbons (Fsp3) is 0.909. The second-order valence-corrected chi connectivity index (χ2v) is 3.64. The Balaban J connectivity index is 3.55. The Labute approximate surface area is 78.1 Å². The van der Waals surface area contributed by atoms with Crippen LogP contribution in [-0.4, -0.2) is 18.0 Å². The first-order chi connectivity index (χ1) is 5.72. The molecule has 73 valence electrons. The molecule has 1 nitrogen and oxygen atoms in total. The van der Waals surface area contributed by atoms with E-state index in [2.05, 4.69) is 32.6 Å². The Hall–Kier alpha value is -0.0400. The molecule has 12 heavy (non-hydrogen) atoms. The van der Waals surface area contributed by atoms with Gasteiger partial charge < -0.3 is 0 Å². The summed E-state index contributed by atoms with van der Waals surface area (Å²) in [5.41, 5.74) is 0. The summed E-state index contributed by atoms with van der Waals surface area (Å²) in [6.45, 7) is 11.4. The maximum Gasteiger partial charge on any atom is 0.0331 e. The normalized spacial score (nSPS) is 11.5. The average Bonchev–Trinajstić information content (AvgIpc) is 2.04. The molecule has 0 unspecified atom stereocenters. The SMILES string of the molecule is CCCCN(CCCC)[C](C)C. The van der Waals surface area contributed by atoms with Gasteiger partial charge in [0.1, 0.15) is 0 Å². The zero-order valence-electron chi connectivity index (χ0n) is 9.19. The van der Waals surface area contributed by atoms with E-state index in [-0.39, 0.29) is 0 Å². The van der Waals surface area contributed by atoms with Crippen molar-refractivity contribution in [1.82, 2.24) is 4.90 Å². The molecular weight excluding hydrogens is 146 g/mol. The smallest absolute Gasteiger partial charge is 0.0331 e. The molecule has 0 aromatic carbocycles. The largest absolute Gasteiger partial charge is 0.296 e. The van der Waals surface area contributed by atoms with Gasteiger partial charge in [0.2, 0.25) is 0 Å². The zero-order chi connectivity index (χ0) is 9.40. The summed E-state index contributed by atoms with van der Waals surface area (Å²) < 4.78 is 0. The van der Waals surface area contributed by atoms with E-state index in [1.54, 1.807) is 0 Å². The van der Waals surface area contributed by atoms with Crippen molar-refractivity contribution in [2.24, 2.45) is 0 Å². The van der Waals surface area contributed by atoms with Gasteiger partial charge in [0.25, 0.3) is 0 Å². The summed E-state index contributed by atoms with van der Waals surface area (Å²) in [6, 6.07) is 1.47. The third-order valence-corrected chi connectivity index (χ3v) is 2.20. The number of hydrogen-bond acceptors (Lipinski definition) is 1. The molecule has 0 atom stereocenters. The third kappa shape index (κ3) is 5.59. The minimum atomic E-state index is 1.25. The summed E-state index contributed by atoms with van der Waals surface area (Å²) in [5.74, 6) is 0. The molecule has 0 bridgehead atoms. The van der Waals surface area contributed by atoms with Crippen LogP contribution in [0.5, 0.6) is 0 Å². The first kappa shape index (κ1) is 12.0. The maximum atomic E-state index is 2.51. The highest BCUT2D eigenvalue weighted by Gasteiger charge is 2.07. The van der Waals surface area contributed by atoms with Crippen molar-refractivity contribution in [3.05, 3.63) is 6.04 Å². The van der Waals surface area contributed by atoms with Crippen LogP contribution in [0, 0.1) is 6.04 Å². The molecule has 0 spiro atoms. The number of rotatable bonds is 7. The Morgan fingerprint density at radius 1 is 0.917 bits per heavy atom. The molecule has 0 saturated carbocycles. The van der Waals surface area contributed by atoms with Crippen molar-refractivity contribution in [1.29, 1.82) is 0 Å². The van der Waals surface area contributed by atoms with Crippen LogP contribution in [0.3, 0.4) is 0 Å². The van der Waals surface area contributed by atoms with Crippen LogP contribution in [0.4, 0.5) is 0 Å². The molecule has 0 aromatic rings. The van der Waals surface area contributed by atoms with E-state index in [0.717, 1.165) is 0 Å². The Bertz CT molecular complexity index is 81.0. The van der Waals surface area contributed by atoms with Gasteiger partial charge in [0, 0.05) is 6.04 Å². The van der Waals surface area contributed by atoms with E-state index in [1.165, 1.54) is 44.8 Å². The van der Waals surface area contributed by atoms with Gasteiger partial charge in [-0.15, -0.1) is 0 Å². The highest BCUT2D eigenvalue weighted by molar-refractivity contribution is 4.78. The number of hydrogen-bond donors (Lipinski definition) is 0. The van der Waals surface area contributed by atoms with Crippen molar-refractivity contribution < 1.29 is 0 Å². The van der Waals surface area contributed by atoms with E-state index in [9.17, 15) is 0 Å². The van der Waals surface area contributed by atoms with Crippen LogP contribution in [0.2, 0.25) is 0 Å². The topological polar surface area (TPSA) is 3.24 Å². The second kappa shape index (κ2) is 7.60. The summed E-state index contributed by atoms with van der Waals surface area (Å²) >= 11 is 0. The quantitative estimate of drug-likeness (QED) is 0.565. The van der Waals surface area contributed by atoms with Crippen molar-refractivity contribution in [2.45, 2.75) is 53.4 Å². The van der Waals surface area contributed by atoms with Gasteiger partial charge in [-0.05, 0) is 39.8 Å². The lowest BCUT2D eigenvalue weighted by molar-refractivity contribution is 0.283. The Kier molecular flexibility index (Phi) is 7.58. The number of unbranched alkanes of at least 4 members (excludes halogenated alkanes) is 2. The standard InChI is InChI=1S/C11H24N/c1-5-7-9-12(11(3)4)10-8-6-2/h5-10H2,1-4H3. The predicted molar refractivity (Wildman–Crippen MR) is 56.0 cm³/mol. The molecule has 0 fully saturated rings. The summed E-state index contributed by atoms with van der Waals surface area (Å²) in [6.07, 6.45) is 5.26. The van der Waals surface area contributed by atoms with Crippen molar-refractivity contribution in [2.75, 3.05) is 13.1 Å². The molecule has 0 saturated heterocycles. The van der Waals surface area contributed by atoms with Gasteiger partial charge in [-0.25, -0.2) is 0 Å². The third-order valence-electron chi connectivity index (χ3n) is 2.20. The molecular formula is C11H24N. The van der Waals surface area contributed by atoms with Gasteiger partial charge in [0.15, 0.2) is 0 Å². The van der Waals surface area contributed by atoms with Crippen LogP contribution in [0.1, 0.15) is 53.4 Å². The first-order valence-corrected chi connectivity index (χ1v) is 5.27. The molecule has 0 N–H and O–H groups in total. The first-order valence-electron chi connectivity index (χ1n) is 5.27. The molecule has 1 heteroatoms. The molecule has 0 aliphatic carbocycles. The van der Waals surface area contributed by atoms with E-state index in [0.29, 0.717) is 0 Å². The van der Waals surface area contributed by atoms with Crippen LogP contribution < -0.4 is 0 Å². The van der Waals surface area contributed by atoms with Gasteiger partial charge in [-0.1, -0.05) is 26.7 Å². The Morgan fingerprint density at radius 3 is 1.58 bits per heavy atom. The molecule has 0 aliphatic rings. The lowest BCUT2D eigenvalue weighted by Gasteiger charge is -2.25. The summed E-state index contributed by atoms with van der Waals surface area (Å²) in [7, 11) is 0. The Morgan fingerprint density at radius 2 is 1.33 bits per heavy atom. The number of nitrogens with zero attached hydrogens (tertiary/aromatic N) is 1. The fourth-order valence-corrected chi connectivity index (χ4v) is 1.26. The molecule has 0 aliphatic heterocycles. The van der Waals surface area contributed by atoms with Crippen molar-refractivity contribution in [3.63, 3.8) is 0 Å². The molecule has 1 radical (unpaired) electrons. The molecule has 0 rings (SSSR count). The monoisotopic (exact) mass is 170 g/mol. The summed E-state index contributed by atoms with van der Waals surface area (Å²) in [4.78, 5) is 2.51. The maximum absolute atomic E-state index is 2.51. The van der Waals surface area contributed by atoms with Crippen LogP contribution in [0.15, 0.2) is 0 Å². The van der Waals surface area contributed by atoms with Gasteiger partial charge in [0.05, 0.1) is 0 Å². The average molecular weight is 170 g/mol. The van der Waals surface area contributed by atoms with Gasteiger partial charge in [-0.3, -0.25) is 4.90 Å². The lowest BCUT2D eigenvalue weighted by Crippen LogP contribution is -2.27. The minimum Gasteiger partial charge on any atom is -0.296 e. The van der Waals surface area contributed by atoms with Gasteiger partial charge >= 0.3 is 0 Å².